The summed E-state index contributed by atoms with van der Waals surface area (Å²) in [5.41, 5.74) is -0.162. The first-order valence-corrected chi connectivity index (χ1v) is 12.7. The Bertz CT molecular complexity index is 1050. The second-order valence-electron chi connectivity index (χ2n) is 10.1. The van der Waals surface area contributed by atoms with Crippen LogP contribution >= 0.6 is 11.8 Å². The van der Waals surface area contributed by atoms with Gasteiger partial charge >= 0.3 is 6.18 Å². The van der Waals surface area contributed by atoms with Crippen LogP contribution < -0.4 is 10.6 Å². The smallest absolute Gasteiger partial charge is 0.350 e. The molecule has 0 spiro atoms. The molecule has 180 valence electrons. The summed E-state index contributed by atoms with van der Waals surface area (Å²) >= 11 is 1.31. The van der Waals surface area contributed by atoms with Crippen molar-refractivity contribution in [1.82, 2.24) is 5.32 Å². The first-order chi connectivity index (χ1) is 16.2. The molecule has 0 aliphatic heterocycles. The van der Waals surface area contributed by atoms with Crippen LogP contribution in [0.2, 0.25) is 0 Å². The predicted molar refractivity (Wildman–Crippen MR) is 126 cm³/mol. The number of hydrogen-bond donors (Lipinski definition) is 2. The zero-order valence-electron chi connectivity index (χ0n) is 18.7. The van der Waals surface area contributed by atoms with Gasteiger partial charge in [-0.25, -0.2) is 0 Å². The molecule has 8 heteroatoms. The van der Waals surface area contributed by atoms with Crippen LogP contribution in [0.25, 0.3) is 0 Å². The molecule has 0 atom stereocenters. The molecule has 2 N–H and O–H groups in total. The Balaban J connectivity index is 1.20. The fraction of sp³-hybridized carbons (Fsp3) is 0.462. The zero-order chi connectivity index (χ0) is 23.9. The molecule has 4 nitrogen and oxygen atoms in total. The van der Waals surface area contributed by atoms with Gasteiger partial charge in [-0.1, -0.05) is 12.1 Å². The molecule has 4 bridgehead atoms. The standard InChI is InChI=1S/C26H27F3N2O2S/c27-26(28,29)19-5-7-20(8-6-19)30-24(33)21-3-1-2-4-22(21)34-15-23(32)31-25-12-16-9-17(13-25)11-18(10-16)14-25/h1-8,16-18H,9-15H2,(H,30,33)(H,31,32). The van der Waals surface area contributed by atoms with Crippen molar-refractivity contribution in [1.29, 1.82) is 0 Å². The van der Waals surface area contributed by atoms with E-state index in [0.717, 1.165) is 49.1 Å². The molecule has 4 aliphatic carbocycles. The van der Waals surface area contributed by atoms with E-state index in [1.54, 1.807) is 24.3 Å². The molecule has 34 heavy (non-hydrogen) atoms. The third kappa shape index (κ3) is 4.97. The van der Waals surface area contributed by atoms with Crippen molar-refractivity contribution in [3.63, 3.8) is 0 Å². The number of amides is 2. The first kappa shape index (κ1) is 23.3. The molecule has 4 fully saturated rings. The van der Waals surface area contributed by atoms with E-state index in [-0.39, 0.29) is 22.9 Å². The number of anilines is 1. The number of carbonyl (C=O) groups is 2. The summed E-state index contributed by atoms with van der Waals surface area (Å²) in [5.74, 6) is 2.01. The highest BCUT2D eigenvalue weighted by Gasteiger charge is 2.51. The van der Waals surface area contributed by atoms with Gasteiger partial charge < -0.3 is 10.6 Å². The summed E-state index contributed by atoms with van der Waals surface area (Å²) in [7, 11) is 0. The van der Waals surface area contributed by atoms with Crippen LogP contribution in [0.3, 0.4) is 0 Å². The summed E-state index contributed by atoms with van der Waals surface area (Å²) in [5, 5.41) is 6.00. The van der Waals surface area contributed by atoms with Crippen molar-refractivity contribution >= 4 is 29.3 Å². The fourth-order valence-electron chi connectivity index (χ4n) is 6.46. The van der Waals surface area contributed by atoms with Crippen molar-refractivity contribution in [2.75, 3.05) is 11.1 Å². The minimum Gasteiger partial charge on any atom is -0.350 e. The molecule has 0 unspecified atom stereocenters. The predicted octanol–water partition coefficient (Wildman–Crippen LogP) is 6.13. The lowest BCUT2D eigenvalue weighted by molar-refractivity contribution is -0.137. The largest absolute Gasteiger partial charge is 0.416 e. The Morgan fingerprint density at radius 2 is 1.50 bits per heavy atom. The molecule has 0 heterocycles. The van der Waals surface area contributed by atoms with Crippen molar-refractivity contribution in [2.45, 2.75) is 55.1 Å². The van der Waals surface area contributed by atoms with Gasteiger partial charge in [-0.15, -0.1) is 11.8 Å². The Morgan fingerprint density at radius 1 is 0.912 bits per heavy atom. The summed E-state index contributed by atoms with van der Waals surface area (Å²) in [6, 6.07) is 11.3. The highest BCUT2D eigenvalue weighted by Crippen LogP contribution is 2.55. The van der Waals surface area contributed by atoms with Crippen LogP contribution in [0.4, 0.5) is 18.9 Å². The third-order valence-electron chi connectivity index (χ3n) is 7.40. The van der Waals surface area contributed by atoms with Gasteiger partial charge in [-0.05, 0) is 92.7 Å². The van der Waals surface area contributed by atoms with Crippen LogP contribution in [0.5, 0.6) is 0 Å². The third-order valence-corrected chi connectivity index (χ3v) is 8.48. The summed E-state index contributed by atoms with van der Waals surface area (Å²) in [6.07, 6.45) is 2.76. The second-order valence-corrected chi connectivity index (χ2v) is 11.1. The topological polar surface area (TPSA) is 58.2 Å². The lowest BCUT2D eigenvalue weighted by Crippen LogP contribution is -2.60. The maximum atomic E-state index is 12.9. The number of hydrogen-bond acceptors (Lipinski definition) is 3. The number of carbonyl (C=O) groups excluding carboxylic acids is 2. The van der Waals surface area contributed by atoms with Gasteiger partial charge in [0.2, 0.25) is 5.91 Å². The van der Waals surface area contributed by atoms with E-state index in [0.29, 0.717) is 10.5 Å². The van der Waals surface area contributed by atoms with Crippen LogP contribution in [0.15, 0.2) is 53.4 Å². The van der Waals surface area contributed by atoms with Crippen LogP contribution in [0.1, 0.15) is 54.4 Å². The van der Waals surface area contributed by atoms with E-state index in [1.165, 1.54) is 43.2 Å². The fourth-order valence-corrected chi connectivity index (χ4v) is 7.31. The van der Waals surface area contributed by atoms with Crippen LogP contribution in [0, 0.1) is 17.8 Å². The van der Waals surface area contributed by atoms with Gasteiger partial charge in [0.15, 0.2) is 0 Å². The molecule has 6 rings (SSSR count). The number of rotatable bonds is 6. The normalized spacial score (nSPS) is 27.4. The minimum absolute atomic E-state index is 0.00935. The Labute approximate surface area is 201 Å². The molecule has 2 amide bonds. The minimum atomic E-state index is -4.43. The van der Waals surface area contributed by atoms with Gasteiger partial charge in [-0.2, -0.15) is 13.2 Å². The highest BCUT2D eigenvalue weighted by atomic mass is 32.2. The lowest BCUT2D eigenvalue weighted by Gasteiger charge is -2.56. The molecular weight excluding hydrogens is 461 g/mol. The van der Waals surface area contributed by atoms with Gasteiger partial charge in [0.25, 0.3) is 5.91 Å². The molecule has 0 saturated heterocycles. The van der Waals surface area contributed by atoms with E-state index in [9.17, 15) is 22.8 Å². The number of halogens is 3. The quantitative estimate of drug-likeness (QED) is 0.481. The van der Waals surface area contributed by atoms with Gasteiger partial charge in [-0.3, -0.25) is 9.59 Å². The molecule has 2 aromatic carbocycles. The van der Waals surface area contributed by atoms with E-state index in [2.05, 4.69) is 10.6 Å². The van der Waals surface area contributed by atoms with Gasteiger partial charge in [0.1, 0.15) is 0 Å². The van der Waals surface area contributed by atoms with Crippen LogP contribution in [-0.2, 0) is 11.0 Å². The van der Waals surface area contributed by atoms with Crippen molar-refractivity contribution in [3.8, 4) is 0 Å². The molecule has 4 aliphatic rings. The van der Waals surface area contributed by atoms with E-state index in [4.69, 9.17) is 0 Å². The van der Waals surface area contributed by atoms with Gasteiger partial charge in [0.05, 0.1) is 16.9 Å². The van der Waals surface area contributed by atoms with Crippen molar-refractivity contribution in [3.05, 3.63) is 59.7 Å². The molecule has 0 aromatic heterocycles. The Hall–Kier alpha value is -2.48. The van der Waals surface area contributed by atoms with Crippen molar-refractivity contribution in [2.24, 2.45) is 17.8 Å². The van der Waals surface area contributed by atoms with Crippen molar-refractivity contribution < 1.29 is 22.8 Å². The monoisotopic (exact) mass is 488 g/mol. The first-order valence-electron chi connectivity index (χ1n) is 11.7. The summed E-state index contributed by atoms with van der Waals surface area (Å²) < 4.78 is 38.3. The summed E-state index contributed by atoms with van der Waals surface area (Å²) in [6.45, 7) is 0. The number of nitrogens with one attached hydrogen (secondary N) is 2. The molecule has 2 aromatic rings. The maximum absolute atomic E-state index is 12.9. The maximum Gasteiger partial charge on any atom is 0.416 e. The van der Waals surface area contributed by atoms with E-state index < -0.39 is 17.6 Å². The average Bonchev–Trinajstić information content (AvgIpc) is 2.76. The average molecular weight is 489 g/mol. The zero-order valence-corrected chi connectivity index (χ0v) is 19.5. The lowest BCUT2D eigenvalue weighted by atomic mass is 9.53. The van der Waals surface area contributed by atoms with Crippen LogP contribution in [-0.4, -0.2) is 23.1 Å². The second kappa shape index (κ2) is 8.95. The van der Waals surface area contributed by atoms with E-state index >= 15 is 0 Å². The Morgan fingerprint density at radius 3 is 2.09 bits per heavy atom. The number of benzene rings is 2. The number of alkyl halides is 3. The number of thioether (sulfide) groups is 1. The van der Waals surface area contributed by atoms with Gasteiger partial charge in [0, 0.05) is 16.1 Å². The van der Waals surface area contributed by atoms with E-state index in [1.807, 2.05) is 0 Å². The highest BCUT2D eigenvalue weighted by molar-refractivity contribution is 8.00. The SMILES string of the molecule is O=C(CSc1ccccc1C(=O)Nc1ccc(C(F)(F)F)cc1)NC12CC3CC(CC(C3)C1)C2. The Kier molecular flexibility index (Phi) is 6.12. The molecular formula is C26H27F3N2O2S. The molecule has 4 saturated carbocycles. The summed E-state index contributed by atoms with van der Waals surface area (Å²) in [4.78, 5) is 26.3. The molecule has 0 radical (unpaired) electrons.